The van der Waals surface area contributed by atoms with Crippen LogP contribution in [0, 0.1) is 6.92 Å². The normalized spacial score (nSPS) is 12.5. The van der Waals surface area contributed by atoms with Crippen molar-refractivity contribution in [2.75, 3.05) is 0 Å². The highest BCUT2D eigenvalue weighted by atomic mass is 35.5. The van der Waals surface area contributed by atoms with Crippen molar-refractivity contribution in [2.45, 2.75) is 19.4 Å². The highest BCUT2D eigenvalue weighted by molar-refractivity contribution is 6.36. The maximum Gasteiger partial charge on any atom is 0.0845 e. The topological polar surface area (TPSA) is 20.2 Å². The van der Waals surface area contributed by atoms with Crippen molar-refractivity contribution in [1.29, 1.82) is 0 Å². The summed E-state index contributed by atoms with van der Waals surface area (Å²) in [6.07, 6.45) is -0.396. The molecule has 0 spiro atoms. The predicted molar refractivity (Wildman–Crippen MR) is 81.3 cm³/mol. The van der Waals surface area contributed by atoms with Gasteiger partial charge in [-0.1, -0.05) is 53.0 Å². The molecule has 0 aliphatic heterocycles. The molecule has 0 aliphatic rings. The number of benzene rings is 2. The average Bonchev–Trinajstić information content (AvgIpc) is 2.33. The van der Waals surface area contributed by atoms with Gasteiger partial charge in [0.05, 0.1) is 6.10 Å². The fraction of sp³-hybridized carbons (Fsp3) is 0.200. The Labute approximate surface area is 127 Å². The van der Waals surface area contributed by atoms with E-state index in [-0.39, 0.29) is 0 Å². The molecule has 2 aromatic rings. The van der Waals surface area contributed by atoms with Gasteiger partial charge < -0.3 is 5.11 Å². The van der Waals surface area contributed by atoms with E-state index in [2.05, 4.69) is 0 Å². The van der Waals surface area contributed by atoms with Crippen molar-refractivity contribution in [3.63, 3.8) is 0 Å². The molecule has 0 saturated carbocycles. The zero-order chi connectivity index (χ0) is 14.0. The van der Waals surface area contributed by atoms with Crippen molar-refractivity contribution in [3.8, 4) is 0 Å². The Hall–Kier alpha value is -0.730. The van der Waals surface area contributed by atoms with Crippen LogP contribution in [0.1, 0.15) is 22.8 Å². The Morgan fingerprint density at radius 3 is 2.21 bits per heavy atom. The van der Waals surface area contributed by atoms with Gasteiger partial charge in [-0.15, -0.1) is 0 Å². The van der Waals surface area contributed by atoms with Gasteiger partial charge >= 0.3 is 0 Å². The number of rotatable bonds is 3. The highest BCUT2D eigenvalue weighted by Crippen LogP contribution is 2.32. The van der Waals surface area contributed by atoms with Gasteiger partial charge in [-0.2, -0.15) is 0 Å². The van der Waals surface area contributed by atoms with Crippen LogP contribution in [0.4, 0.5) is 0 Å². The van der Waals surface area contributed by atoms with E-state index < -0.39 is 6.10 Å². The van der Waals surface area contributed by atoms with E-state index in [0.29, 0.717) is 27.1 Å². The second-order valence-electron chi connectivity index (χ2n) is 4.45. The molecule has 19 heavy (non-hydrogen) atoms. The molecule has 1 N–H and O–H groups in total. The van der Waals surface area contributed by atoms with Crippen LogP contribution in [0.25, 0.3) is 0 Å². The van der Waals surface area contributed by atoms with Crippen molar-refractivity contribution in [2.24, 2.45) is 0 Å². The zero-order valence-corrected chi connectivity index (χ0v) is 12.6. The largest absolute Gasteiger partial charge is 0.388 e. The first kappa shape index (κ1) is 14.7. The fourth-order valence-electron chi connectivity index (χ4n) is 1.93. The van der Waals surface area contributed by atoms with E-state index in [1.165, 1.54) is 0 Å². The van der Waals surface area contributed by atoms with Crippen molar-refractivity contribution >= 4 is 34.8 Å². The van der Waals surface area contributed by atoms with E-state index in [4.69, 9.17) is 34.8 Å². The number of aryl methyl sites for hydroxylation is 1. The summed E-state index contributed by atoms with van der Waals surface area (Å²) in [5, 5.41) is 11.9. The maximum absolute atomic E-state index is 10.3. The molecule has 100 valence electrons. The Bertz CT molecular complexity index is 576. The lowest BCUT2D eigenvalue weighted by atomic mass is 10.0. The Kier molecular flexibility index (Phi) is 4.75. The minimum atomic E-state index is -0.731. The lowest BCUT2D eigenvalue weighted by molar-refractivity contribution is 0.178. The van der Waals surface area contributed by atoms with E-state index in [1.54, 1.807) is 18.2 Å². The van der Waals surface area contributed by atoms with Crippen molar-refractivity contribution in [1.82, 2.24) is 0 Å². The van der Waals surface area contributed by atoms with Crippen molar-refractivity contribution < 1.29 is 5.11 Å². The SMILES string of the molecule is Cc1ccc(C(O)Cc2c(Cl)cccc2Cl)c(Cl)c1. The van der Waals surface area contributed by atoms with Gasteiger partial charge in [0, 0.05) is 21.5 Å². The van der Waals surface area contributed by atoms with Crippen LogP contribution in [0.15, 0.2) is 36.4 Å². The van der Waals surface area contributed by atoms with E-state index in [1.807, 2.05) is 25.1 Å². The second kappa shape index (κ2) is 6.15. The first-order valence-corrected chi connectivity index (χ1v) is 6.99. The standard InChI is InChI=1S/C15H13Cl3O/c1-9-5-6-10(14(18)7-9)15(19)8-11-12(16)3-2-4-13(11)17/h2-7,15,19H,8H2,1H3. The quantitative estimate of drug-likeness (QED) is 0.822. The maximum atomic E-state index is 10.3. The molecule has 1 unspecified atom stereocenters. The van der Waals surface area contributed by atoms with Crippen LogP contribution in [0.2, 0.25) is 15.1 Å². The van der Waals surface area contributed by atoms with Crippen LogP contribution >= 0.6 is 34.8 Å². The minimum absolute atomic E-state index is 0.335. The predicted octanol–water partition coefficient (Wildman–Crippen LogP) is 5.23. The molecule has 0 heterocycles. The van der Waals surface area contributed by atoms with Crippen LogP contribution in [0.3, 0.4) is 0 Å². The molecule has 2 rings (SSSR count). The molecule has 0 aromatic heterocycles. The van der Waals surface area contributed by atoms with Crippen LogP contribution in [-0.2, 0) is 6.42 Å². The van der Waals surface area contributed by atoms with Gasteiger partial charge in [0.25, 0.3) is 0 Å². The molecular formula is C15H13Cl3O. The number of halogens is 3. The number of hydrogen-bond acceptors (Lipinski definition) is 1. The van der Waals surface area contributed by atoms with Gasteiger partial charge in [0.2, 0.25) is 0 Å². The van der Waals surface area contributed by atoms with E-state index >= 15 is 0 Å². The van der Waals surface area contributed by atoms with Crippen LogP contribution < -0.4 is 0 Å². The summed E-state index contributed by atoms with van der Waals surface area (Å²) in [5.74, 6) is 0. The Morgan fingerprint density at radius 1 is 1.00 bits per heavy atom. The molecule has 0 radical (unpaired) electrons. The Morgan fingerprint density at radius 2 is 1.63 bits per heavy atom. The van der Waals surface area contributed by atoms with Gasteiger partial charge in [0.15, 0.2) is 0 Å². The summed E-state index contributed by atoms with van der Waals surface area (Å²) < 4.78 is 0. The average molecular weight is 316 g/mol. The molecule has 0 bridgehead atoms. The van der Waals surface area contributed by atoms with Gasteiger partial charge in [-0.3, -0.25) is 0 Å². The molecule has 0 amide bonds. The smallest absolute Gasteiger partial charge is 0.0845 e. The first-order chi connectivity index (χ1) is 8.99. The summed E-state index contributed by atoms with van der Waals surface area (Å²) in [6, 6.07) is 10.9. The summed E-state index contributed by atoms with van der Waals surface area (Å²) in [5.41, 5.74) is 2.47. The van der Waals surface area contributed by atoms with Crippen LogP contribution in [0.5, 0.6) is 0 Å². The van der Waals surface area contributed by atoms with Gasteiger partial charge in [-0.05, 0) is 41.8 Å². The molecule has 2 aromatic carbocycles. The zero-order valence-electron chi connectivity index (χ0n) is 10.3. The second-order valence-corrected chi connectivity index (χ2v) is 5.67. The van der Waals surface area contributed by atoms with E-state index in [9.17, 15) is 5.11 Å². The molecule has 1 nitrogen and oxygen atoms in total. The van der Waals surface area contributed by atoms with Gasteiger partial charge in [0.1, 0.15) is 0 Å². The third-order valence-electron chi connectivity index (χ3n) is 2.97. The third-order valence-corrected chi connectivity index (χ3v) is 4.01. The summed E-state index contributed by atoms with van der Waals surface area (Å²) in [4.78, 5) is 0. The number of aliphatic hydroxyl groups is 1. The Balaban J connectivity index is 2.28. The summed E-state index contributed by atoms with van der Waals surface area (Å²) in [7, 11) is 0. The number of aliphatic hydroxyl groups excluding tert-OH is 1. The van der Waals surface area contributed by atoms with Gasteiger partial charge in [-0.25, -0.2) is 0 Å². The monoisotopic (exact) mass is 314 g/mol. The lowest BCUT2D eigenvalue weighted by Crippen LogP contribution is -2.04. The van der Waals surface area contributed by atoms with Crippen LogP contribution in [-0.4, -0.2) is 5.11 Å². The fourth-order valence-corrected chi connectivity index (χ4v) is 2.85. The lowest BCUT2D eigenvalue weighted by Gasteiger charge is -2.15. The molecular weight excluding hydrogens is 303 g/mol. The summed E-state index contributed by atoms with van der Waals surface area (Å²) >= 11 is 18.3. The highest BCUT2D eigenvalue weighted by Gasteiger charge is 2.16. The molecule has 0 aliphatic carbocycles. The number of hydrogen-bond donors (Lipinski definition) is 1. The molecule has 4 heteroatoms. The molecule has 0 fully saturated rings. The minimum Gasteiger partial charge on any atom is -0.388 e. The summed E-state index contributed by atoms with van der Waals surface area (Å²) in [6.45, 7) is 1.95. The van der Waals surface area contributed by atoms with Crippen molar-refractivity contribution in [3.05, 3.63) is 68.2 Å². The van der Waals surface area contributed by atoms with E-state index in [0.717, 1.165) is 11.1 Å². The molecule has 0 saturated heterocycles. The molecule has 1 atom stereocenters. The third kappa shape index (κ3) is 3.43. The first-order valence-electron chi connectivity index (χ1n) is 5.86.